The molecule has 2 aromatic heterocycles. The summed E-state index contributed by atoms with van der Waals surface area (Å²) in [6, 6.07) is 28.4. The van der Waals surface area contributed by atoms with Crippen LogP contribution >= 0.6 is 11.6 Å². The Hall–Kier alpha value is -8.39. The molecule has 1 aliphatic rings. The lowest BCUT2D eigenvalue weighted by Crippen LogP contribution is -2.51. The van der Waals surface area contributed by atoms with Gasteiger partial charge in [0.2, 0.25) is 11.8 Å². The van der Waals surface area contributed by atoms with Gasteiger partial charge in [0.15, 0.2) is 0 Å². The molecule has 0 saturated heterocycles. The summed E-state index contributed by atoms with van der Waals surface area (Å²) in [4.78, 5) is 72.0. The molecule has 18 nitrogen and oxygen atoms in total. The van der Waals surface area contributed by atoms with Gasteiger partial charge in [-0.2, -0.15) is 5.26 Å². The minimum absolute atomic E-state index is 0.0370. The molecule has 0 fully saturated rings. The number of hydrogen-bond donors (Lipinski definition) is 6. The van der Waals surface area contributed by atoms with Crippen LogP contribution in [-0.2, 0) is 54.5 Å². The number of halogens is 1. The lowest BCUT2D eigenvalue weighted by molar-refractivity contribution is -0.903. The second kappa shape index (κ2) is 26.9. The molecule has 4 aromatic carbocycles. The maximum atomic E-state index is 15.4. The van der Waals surface area contributed by atoms with Crippen molar-refractivity contribution in [1.29, 1.82) is 5.26 Å². The first-order valence-corrected chi connectivity index (χ1v) is 27.8. The van der Waals surface area contributed by atoms with Crippen LogP contribution in [0.4, 0.5) is 21.9 Å². The van der Waals surface area contributed by atoms with Gasteiger partial charge < -0.3 is 55.8 Å². The van der Waals surface area contributed by atoms with E-state index in [1.54, 1.807) is 59.0 Å². The minimum Gasteiger partial charge on any atom is -0.508 e. The molecule has 0 aliphatic carbocycles. The van der Waals surface area contributed by atoms with Crippen LogP contribution in [0.15, 0.2) is 97.1 Å². The number of benzene rings is 4. The molecule has 19 heteroatoms. The molecule has 7 rings (SSSR count). The molecule has 8 N–H and O–H groups in total. The van der Waals surface area contributed by atoms with Gasteiger partial charge in [-0.05, 0) is 135 Å². The number of urea groups is 1. The number of phenolic OH excluding ortho intramolecular Hbond substituents is 1. The molecular weight excluding hydrogens is 1060 g/mol. The van der Waals surface area contributed by atoms with Crippen molar-refractivity contribution in [2.24, 2.45) is 31.5 Å². The number of ether oxygens (including phenoxy) is 1. The SMILES string of the molecule is C#CCOCc1cc(NC(=O)C(CCCNC(N)=O)NC(=O)C(N)C(C)C)ccc1C[N+](C)(C)CCC[C@@H]1Cc2ccccc2CN1C(=O)c1ccc(Cl)cc1-c1cc(C(=O)N(c2ccc(O)cc2)c2cc(C#N)n(C)c2C)c(C)n1C. The van der Waals surface area contributed by atoms with E-state index in [1.165, 1.54) is 17.7 Å². The van der Waals surface area contributed by atoms with E-state index < -0.39 is 29.9 Å². The van der Waals surface area contributed by atoms with Gasteiger partial charge in [0, 0.05) is 83.4 Å². The highest BCUT2D eigenvalue weighted by Crippen LogP contribution is 2.38. The highest BCUT2D eigenvalue weighted by atomic mass is 35.5. The molecule has 0 radical (unpaired) electrons. The lowest BCUT2D eigenvalue weighted by Gasteiger charge is -2.38. The zero-order valence-corrected chi connectivity index (χ0v) is 48.8. The molecule has 2 unspecified atom stereocenters. The molecule has 3 heterocycles. The van der Waals surface area contributed by atoms with Gasteiger partial charge >= 0.3 is 6.03 Å². The number of nitrogens with zero attached hydrogens (tertiary/aromatic N) is 6. The Labute approximate surface area is 485 Å². The van der Waals surface area contributed by atoms with E-state index in [-0.39, 0.29) is 55.7 Å². The van der Waals surface area contributed by atoms with Crippen LogP contribution in [0.2, 0.25) is 5.02 Å². The number of aromatic nitrogens is 2. The number of rotatable bonds is 23. The normalized spacial score (nSPS) is 13.8. The molecule has 430 valence electrons. The fraction of sp³-hybridized carbons (Fsp3) is 0.365. The van der Waals surface area contributed by atoms with Crippen LogP contribution in [0.1, 0.15) is 99.6 Å². The molecule has 0 spiro atoms. The Kier molecular flexibility index (Phi) is 20.1. The van der Waals surface area contributed by atoms with Crippen molar-refractivity contribution in [2.75, 3.05) is 44.0 Å². The van der Waals surface area contributed by atoms with E-state index in [4.69, 9.17) is 34.2 Å². The van der Waals surface area contributed by atoms with Crippen molar-refractivity contribution in [2.45, 2.75) is 97.6 Å². The van der Waals surface area contributed by atoms with Gasteiger partial charge in [-0.1, -0.05) is 61.7 Å². The zero-order chi connectivity index (χ0) is 59.6. The van der Waals surface area contributed by atoms with Gasteiger partial charge in [0.25, 0.3) is 11.8 Å². The summed E-state index contributed by atoms with van der Waals surface area (Å²) in [5.74, 6) is 0.950. The second-order valence-electron chi connectivity index (χ2n) is 22.1. The number of phenols is 1. The van der Waals surface area contributed by atoms with E-state index in [0.29, 0.717) is 98.4 Å². The monoisotopic (exact) mass is 1130 g/mol. The van der Waals surface area contributed by atoms with Crippen LogP contribution in [0.25, 0.3) is 11.3 Å². The Bertz CT molecular complexity index is 3420. The highest BCUT2D eigenvalue weighted by Gasteiger charge is 2.34. The number of nitrogens with one attached hydrogen (secondary N) is 3. The molecule has 1 aliphatic heterocycles. The number of hydrogen-bond acceptors (Lipinski definition) is 9. The number of nitrogens with two attached hydrogens (primary N) is 2. The topological polar surface area (TPSA) is 243 Å². The predicted octanol–water partition coefficient (Wildman–Crippen LogP) is 8.49. The molecule has 6 aromatic rings. The van der Waals surface area contributed by atoms with Gasteiger partial charge in [0.1, 0.15) is 36.7 Å². The van der Waals surface area contributed by atoms with E-state index in [2.05, 4.69) is 54.2 Å². The van der Waals surface area contributed by atoms with Crippen molar-refractivity contribution >= 4 is 58.3 Å². The van der Waals surface area contributed by atoms with Crippen molar-refractivity contribution in [3.05, 3.63) is 153 Å². The van der Waals surface area contributed by atoms with Crippen LogP contribution in [0.3, 0.4) is 0 Å². The quantitative estimate of drug-likeness (QED) is 0.0204. The number of aromatic hydroxyl groups is 1. The molecule has 3 atom stereocenters. The summed E-state index contributed by atoms with van der Waals surface area (Å²) >= 11 is 6.77. The molecule has 82 heavy (non-hydrogen) atoms. The third kappa shape index (κ3) is 14.6. The number of quaternary nitrogens is 1. The Morgan fingerprint density at radius 2 is 1.62 bits per heavy atom. The van der Waals surface area contributed by atoms with Crippen molar-refractivity contribution in [1.82, 2.24) is 24.7 Å². The summed E-state index contributed by atoms with van der Waals surface area (Å²) in [6.07, 6.45) is 8.28. The zero-order valence-electron chi connectivity index (χ0n) is 48.0. The van der Waals surface area contributed by atoms with Gasteiger partial charge in [-0.15, -0.1) is 6.42 Å². The van der Waals surface area contributed by atoms with E-state index in [1.807, 2.05) is 74.5 Å². The Balaban J connectivity index is 1.12. The summed E-state index contributed by atoms with van der Waals surface area (Å²) in [5, 5.41) is 28.8. The third-order valence-corrected chi connectivity index (χ3v) is 15.7. The van der Waals surface area contributed by atoms with E-state index in [0.717, 1.165) is 29.7 Å². The number of anilines is 3. The van der Waals surface area contributed by atoms with E-state index >= 15 is 9.59 Å². The largest absolute Gasteiger partial charge is 0.508 e. The summed E-state index contributed by atoms with van der Waals surface area (Å²) in [7, 11) is 7.92. The number of amides is 6. The van der Waals surface area contributed by atoms with E-state index in [9.17, 15) is 24.8 Å². The van der Waals surface area contributed by atoms with Gasteiger partial charge in [-0.25, -0.2) is 4.79 Å². The van der Waals surface area contributed by atoms with Crippen LogP contribution in [0, 0.1) is 43.4 Å². The standard InChI is InChI=1S/C63H74ClN11O7/c1-10-29-82-38-45-30-47(69-59(77)55(18-13-27-68-63(67)81)70-60(78)58(66)39(2)3)21-19-44(45)37-75(8,9)28-14-17-49-31-42-15-11-12-16-43(42)36-73(49)61(79)52-26-20-46(64)32-54(52)57-34-53(40(4)72(57)7)62(80)74(48-22-24-51(76)25-23-48)56-33-50(35-65)71(6)41(56)5/h1,11-12,15-16,19-26,30,32-34,39,49,55,58H,13-14,17-18,27-29,31,36-38,66H2,2-9H3,(H5-,67,68,69,70,76,77,78,81)/p+1/t49-,55?,58?/m1/s1. The summed E-state index contributed by atoms with van der Waals surface area (Å²) in [6.45, 7) is 9.57. The molecule has 0 saturated carbocycles. The maximum absolute atomic E-state index is 15.4. The fourth-order valence-electron chi connectivity index (χ4n) is 10.5. The third-order valence-electron chi connectivity index (χ3n) is 15.5. The van der Waals surface area contributed by atoms with Crippen molar-refractivity contribution in [3.63, 3.8) is 0 Å². The van der Waals surface area contributed by atoms with Gasteiger partial charge in [0.05, 0.1) is 44.5 Å². The number of terminal acetylenes is 1. The second-order valence-corrected chi connectivity index (χ2v) is 22.5. The van der Waals surface area contributed by atoms with Crippen molar-refractivity contribution in [3.8, 4) is 35.4 Å². The summed E-state index contributed by atoms with van der Waals surface area (Å²) < 4.78 is 10.0. The van der Waals surface area contributed by atoms with Crippen LogP contribution in [-0.4, -0.2) is 105 Å². The lowest BCUT2D eigenvalue weighted by atomic mass is 9.90. The Morgan fingerprint density at radius 1 is 0.902 bits per heavy atom. The highest BCUT2D eigenvalue weighted by molar-refractivity contribution is 6.31. The fourth-order valence-corrected chi connectivity index (χ4v) is 10.7. The average Bonchev–Trinajstić information content (AvgIpc) is 3.17. The Morgan fingerprint density at radius 3 is 2.29 bits per heavy atom. The number of fused-ring (bicyclic) bond motifs is 1. The molecular formula is C63H75ClN11O7+. The molecule has 6 amide bonds. The van der Waals surface area contributed by atoms with Gasteiger partial charge in [-0.3, -0.25) is 24.1 Å². The first-order chi connectivity index (χ1) is 39.0. The summed E-state index contributed by atoms with van der Waals surface area (Å²) in [5.41, 5.74) is 20.6. The predicted molar refractivity (Wildman–Crippen MR) is 319 cm³/mol. The first kappa shape index (κ1) is 61.2. The van der Waals surface area contributed by atoms with Crippen LogP contribution < -0.4 is 32.3 Å². The first-order valence-electron chi connectivity index (χ1n) is 27.4. The average molecular weight is 1130 g/mol. The number of primary amides is 1. The number of nitriles is 1. The van der Waals surface area contributed by atoms with Crippen LogP contribution in [0.5, 0.6) is 5.75 Å². The number of carbonyl (C=O) groups excluding carboxylic acids is 5. The minimum atomic E-state index is -0.943. The maximum Gasteiger partial charge on any atom is 0.312 e. The number of carbonyl (C=O) groups is 5. The van der Waals surface area contributed by atoms with Crippen molar-refractivity contribution < 1.29 is 38.3 Å². The molecule has 0 bridgehead atoms. The smallest absolute Gasteiger partial charge is 0.312 e.